The second kappa shape index (κ2) is 7.54. The van der Waals surface area contributed by atoms with Crippen molar-refractivity contribution in [3.8, 4) is 0 Å². The summed E-state index contributed by atoms with van der Waals surface area (Å²) in [6.07, 6.45) is 0.911. The molecule has 2 heterocycles. The summed E-state index contributed by atoms with van der Waals surface area (Å²) in [6.45, 7) is 6.69. The Kier molecular flexibility index (Phi) is 5.96. The first-order valence-electron chi connectivity index (χ1n) is 7.60. The molecule has 0 radical (unpaired) electrons. The summed E-state index contributed by atoms with van der Waals surface area (Å²) in [4.78, 5) is 13.0. The van der Waals surface area contributed by atoms with Crippen LogP contribution in [0.1, 0.15) is 20.3 Å². The monoisotopic (exact) mass is 346 g/mol. The minimum absolute atomic E-state index is 0.0407. The lowest BCUT2D eigenvalue weighted by molar-refractivity contribution is -0.895. The maximum Gasteiger partial charge on any atom is 0.275 e. The third-order valence-corrected chi connectivity index (χ3v) is 7.22. The number of quaternary nitrogens is 1. The average Bonchev–Trinajstić information content (AvgIpc) is 3.02. The van der Waals surface area contributed by atoms with E-state index in [9.17, 15) is 13.2 Å². The molecule has 8 heteroatoms. The van der Waals surface area contributed by atoms with E-state index in [0.717, 1.165) is 11.3 Å². The number of hydrogen-bond donors (Lipinski definition) is 2. The number of nitrogens with one attached hydrogen (secondary N) is 2. The van der Waals surface area contributed by atoms with Crippen LogP contribution >= 0.6 is 11.3 Å². The summed E-state index contributed by atoms with van der Waals surface area (Å²) >= 11 is 1.24. The molecule has 2 N–H and O–H groups in total. The van der Waals surface area contributed by atoms with Crippen molar-refractivity contribution in [3.63, 3.8) is 0 Å². The Labute approximate surface area is 136 Å². The van der Waals surface area contributed by atoms with E-state index < -0.39 is 10.0 Å². The van der Waals surface area contributed by atoms with E-state index in [1.54, 1.807) is 17.5 Å². The Balaban J connectivity index is 1.85. The lowest BCUT2D eigenvalue weighted by Gasteiger charge is -2.31. The van der Waals surface area contributed by atoms with Crippen molar-refractivity contribution in [1.82, 2.24) is 9.62 Å². The van der Waals surface area contributed by atoms with Gasteiger partial charge in [-0.05, 0) is 24.8 Å². The largest absolute Gasteiger partial charge is 0.349 e. The highest BCUT2D eigenvalue weighted by Crippen LogP contribution is 2.20. The van der Waals surface area contributed by atoms with Crippen LogP contribution in [0.2, 0.25) is 0 Å². The summed E-state index contributed by atoms with van der Waals surface area (Å²) in [6, 6.07) is 3.57. The maximum atomic E-state index is 12.4. The van der Waals surface area contributed by atoms with E-state index in [1.165, 1.54) is 15.6 Å². The predicted molar refractivity (Wildman–Crippen MR) is 86.5 cm³/mol. The van der Waals surface area contributed by atoms with Gasteiger partial charge < -0.3 is 10.2 Å². The molecule has 1 aliphatic rings. The molecule has 1 aromatic heterocycles. The van der Waals surface area contributed by atoms with E-state index in [4.69, 9.17) is 0 Å². The highest BCUT2D eigenvalue weighted by molar-refractivity contribution is 7.91. The van der Waals surface area contributed by atoms with Gasteiger partial charge in [0.2, 0.25) is 0 Å². The summed E-state index contributed by atoms with van der Waals surface area (Å²) in [5.41, 5.74) is 0. The van der Waals surface area contributed by atoms with Gasteiger partial charge in [0.25, 0.3) is 15.9 Å². The van der Waals surface area contributed by atoms with Gasteiger partial charge >= 0.3 is 0 Å². The van der Waals surface area contributed by atoms with E-state index in [-0.39, 0.29) is 11.9 Å². The van der Waals surface area contributed by atoms with Crippen molar-refractivity contribution >= 4 is 27.3 Å². The van der Waals surface area contributed by atoms with Crippen molar-refractivity contribution in [2.24, 2.45) is 0 Å². The maximum absolute atomic E-state index is 12.4. The Hall–Kier alpha value is -0.960. The van der Waals surface area contributed by atoms with Crippen LogP contribution in [0.5, 0.6) is 0 Å². The first kappa shape index (κ1) is 17.4. The number of piperazine rings is 1. The zero-order valence-corrected chi connectivity index (χ0v) is 14.7. The van der Waals surface area contributed by atoms with Gasteiger partial charge in [-0.3, -0.25) is 4.79 Å². The molecule has 22 heavy (non-hydrogen) atoms. The number of thiophene rings is 1. The lowest BCUT2D eigenvalue weighted by Crippen LogP contribution is -3.15. The van der Waals surface area contributed by atoms with Gasteiger partial charge in [-0.1, -0.05) is 13.0 Å². The second-order valence-corrected chi connectivity index (χ2v) is 8.75. The minimum Gasteiger partial charge on any atom is -0.349 e. The predicted octanol–water partition coefficient (Wildman–Crippen LogP) is -0.448. The summed E-state index contributed by atoms with van der Waals surface area (Å²) in [5, 5.41) is 4.72. The average molecular weight is 346 g/mol. The van der Waals surface area contributed by atoms with Crippen LogP contribution in [0, 0.1) is 0 Å². The van der Waals surface area contributed by atoms with Crippen LogP contribution in [0.4, 0.5) is 0 Å². The molecule has 1 amide bonds. The van der Waals surface area contributed by atoms with Crippen LogP contribution in [0.25, 0.3) is 0 Å². The number of nitrogens with zero attached hydrogens (tertiary/aromatic N) is 1. The van der Waals surface area contributed by atoms with E-state index in [1.807, 2.05) is 13.8 Å². The third-order valence-electron chi connectivity index (χ3n) is 3.95. The first-order valence-corrected chi connectivity index (χ1v) is 9.92. The van der Waals surface area contributed by atoms with Crippen molar-refractivity contribution in [2.45, 2.75) is 30.5 Å². The Bertz CT molecular complexity index is 578. The van der Waals surface area contributed by atoms with Gasteiger partial charge in [0.05, 0.1) is 26.2 Å². The number of rotatable bonds is 6. The Morgan fingerprint density at radius 3 is 2.68 bits per heavy atom. The molecule has 0 saturated carbocycles. The first-order chi connectivity index (χ1) is 10.4. The van der Waals surface area contributed by atoms with Crippen LogP contribution < -0.4 is 10.2 Å². The molecular formula is C14H24N3O3S2+. The number of hydrogen-bond acceptors (Lipinski definition) is 4. The number of sulfonamides is 1. The fourth-order valence-corrected chi connectivity index (χ4v) is 5.00. The molecule has 1 aromatic rings. The number of amides is 1. The van der Waals surface area contributed by atoms with Crippen molar-refractivity contribution in [1.29, 1.82) is 0 Å². The lowest BCUT2D eigenvalue weighted by atomic mass is 10.2. The van der Waals surface area contributed by atoms with Gasteiger partial charge in [-0.15, -0.1) is 11.3 Å². The summed E-state index contributed by atoms with van der Waals surface area (Å²) < 4.78 is 26.7. The van der Waals surface area contributed by atoms with Crippen LogP contribution in [0.15, 0.2) is 21.7 Å². The fraction of sp³-hybridized carbons (Fsp3) is 0.643. The number of carbonyl (C=O) groups is 1. The van der Waals surface area contributed by atoms with Crippen LogP contribution in [0.3, 0.4) is 0 Å². The summed E-state index contributed by atoms with van der Waals surface area (Å²) in [7, 11) is -3.36. The van der Waals surface area contributed by atoms with Gasteiger partial charge in [0, 0.05) is 6.04 Å². The minimum atomic E-state index is -3.36. The molecule has 6 nitrogen and oxygen atoms in total. The molecule has 0 spiro atoms. The van der Waals surface area contributed by atoms with Gasteiger partial charge in [-0.25, -0.2) is 8.42 Å². The molecule has 1 atom stereocenters. The van der Waals surface area contributed by atoms with Crippen molar-refractivity contribution < 1.29 is 18.1 Å². The van der Waals surface area contributed by atoms with E-state index in [2.05, 4.69) is 5.32 Å². The molecule has 124 valence electrons. The molecular weight excluding hydrogens is 322 g/mol. The molecule has 0 aliphatic carbocycles. The second-order valence-electron chi connectivity index (χ2n) is 5.64. The molecule has 0 aromatic carbocycles. The normalized spacial score (nSPS) is 19.0. The van der Waals surface area contributed by atoms with Crippen LogP contribution in [-0.4, -0.2) is 57.4 Å². The van der Waals surface area contributed by atoms with E-state index in [0.29, 0.717) is 36.9 Å². The quantitative estimate of drug-likeness (QED) is 0.733. The highest BCUT2D eigenvalue weighted by atomic mass is 32.2. The van der Waals surface area contributed by atoms with Crippen molar-refractivity contribution in [2.75, 3.05) is 32.7 Å². The third kappa shape index (κ3) is 4.28. The van der Waals surface area contributed by atoms with Crippen LogP contribution in [-0.2, 0) is 14.8 Å². The molecule has 2 rings (SSSR count). The Morgan fingerprint density at radius 2 is 2.14 bits per heavy atom. The molecule has 1 saturated heterocycles. The molecule has 1 aliphatic heterocycles. The van der Waals surface area contributed by atoms with Crippen molar-refractivity contribution in [3.05, 3.63) is 17.5 Å². The number of carbonyl (C=O) groups excluding carboxylic acids is 1. The van der Waals surface area contributed by atoms with Gasteiger partial charge in [0.1, 0.15) is 4.21 Å². The molecule has 1 fully saturated rings. The van der Waals surface area contributed by atoms with E-state index >= 15 is 0 Å². The highest BCUT2D eigenvalue weighted by Gasteiger charge is 2.31. The SMILES string of the molecule is CC[C@H](C)NC(=O)C[NH+]1CCN(S(=O)(=O)c2cccs2)CC1. The Morgan fingerprint density at radius 1 is 1.45 bits per heavy atom. The summed E-state index contributed by atoms with van der Waals surface area (Å²) in [5.74, 6) is 0.0407. The van der Waals surface area contributed by atoms with Gasteiger partial charge in [-0.2, -0.15) is 4.31 Å². The molecule has 0 bridgehead atoms. The molecule has 0 unspecified atom stereocenters. The fourth-order valence-electron chi connectivity index (χ4n) is 2.41. The smallest absolute Gasteiger partial charge is 0.275 e. The standard InChI is InChI=1S/C14H23N3O3S2/c1-3-12(2)15-13(18)11-16-6-8-17(9-7-16)22(19,20)14-5-4-10-21-14/h4-5,10,12H,3,6-9,11H2,1-2H3,(H,15,18)/p+1/t12-/m0/s1. The van der Waals surface area contributed by atoms with Gasteiger partial charge in [0.15, 0.2) is 6.54 Å². The zero-order chi connectivity index (χ0) is 16.2. The topological polar surface area (TPSA) is 70.9 Å². The zero-order valence-electron chi connectivity index (χ0n) is 13.0.